The van der Waals surface area contributed by atoms with Gasteiger partial charge in [-0.1, -0.05) is 0 Å². The van der Waals surface area contributed by atoms with Crippen molar-refractivity contribution in [3.05, 3.63) is 29.6 Å². The average Bonchev–Trinajstić information content (AvgIpc) is 2.96. The first-order valence-corrected chi connectivity index (χ1v) is 6.50. The Balaban J connectivity index is 2.19. The summed E-state index contributed by atoms with van der Waals surface area (Å²) < 4.78 is 23.1. The van der Waals surface area contributed by atoms with E-state index in [0.717, 1.165) is 6.07 Å². The lowest BCUT2D eigenvalue weighted by molar-refractivity contribution is -0.120. The first-order valence-electron chi connectivity index (χ1n) is 6.50. The second-order valence-corrected chi connectivity index (χ2v) is 4.71. The number of carbonyl (C=O) groups is 2. The summed E-state index contributed by atoms with van der Waals surface area (Å²) in [5.74, 6) is -1.95. The standard InChI is InChI=1S/C14H17FN2O4/c1-16-12-7-21-6-10(12)13(18)17-11-4-3-8(15)5-9(11)14(19)20-2/h3-5,10,12,16H,6-7H2,1-2H3,(H,17,18). The first-order chi connectivity index (χ1) is 10.1. The molecule has 0 spiro atoms. The van der Waals surface area contributed by atoms with Crippen molar-refractivity contribution in [2.75, 3.05) is 32.7 Å². The Morgan fingerprint density at radius 1 is 1.38 bits per heavy atom. The van der Waals surface area contributed by atoms with Crippen LogP contribution in [0.2, 0.25) is 0 Å². The highest BCUT2D eigenvalue weighted by molar-refractivity contribution is 6.02. The molecule has 2 unspecified atom stereocenters. The maximum Gasteiger partial charge on any atom is 0.340 e. The van der Waals surface area contributed by atoms with Crippen LogP contribution in [-0.4, -0.2) is 45.3 Å². The quantitative estimate of drug-likeness (QED) is 0.803. The minimum atomic E-state index is -0.711. The lowest BCUT2D eigenvalue weighted by Gasteiger charge is -2.17. The minimum Gasteiger partial charge on any atom is -0.465 e. The molecule has 1 heterocycles. The van der Waals surface area contributed by atoms with Gasteiger partial charge in [0.25, 0.3) is 0 Å². The molecule has 21 heavy (non-hydrogen) atoms. The number of anilines is 1. The minimum absolute atomic E-state index is 0.0224. The number of esters is 1. The maximum atomic E-state index is 13.2. The highest BCUT2D eigenvalue weighted by Crippen LogP contribution is 2.21. The fourth-order valence-electron chi connectivity index (χ4n) is 2.23. The van der Waals surface area contributed by atoms with Crippen LogP contribution in [0.4, 0.5) is 10.1 Å². The van der Waals surface area contributed by atoms with Crippen LogP contribution in [0, 0.1) is 11.7 Å². The monoisotopic (exact) mass is 296 g/mol. The predicted octanol–water partition coefficient (Wildman–Crippen LogP) is 0.785. The van der Waals surface area contributed by atoms with Crippen LogP contribution < -0.4 is 10.6 Å². The number of hydrogen-bond acceptors (Lipinski definition) is 5. The summed E-state index contributed by atoms with van der Waals surface area (Å²) in [5, 5.41) is 5.63. The molecular formula is C14H17FN2O4. The fourth-order valence-corrected chi connectivity index (χ4v) is 2.23. The van der Waals surface area contributed by atoms with Crippen LogP contribution in [-0.2, 0) is 14.3 Å². The number of ether oxygens (including phenoxy) is 2. The van der Waals surface area contributed by atoms with Gasteiger partial charge in [-0.3, -0.25) is 4.79 Å². The lowest BCUT2D eigenvalue weighted by atomic mass is 10.0. The number of hydrogen-bond donors (Lipinski definition) is 2. The first kappa shape index (κ1) is 15.4. The zero-order valence-corrected chi connectivity index (χ0v) is 11.8. The zero-order valence-electron chi connectivity index (χ0n) is 11.8. The fraction of sp³-hybridized carbons (Fsp3) is 0.429. The van der Waals surface area contributed by atoms with Gasteiger partial charge in [-0.25, -0.2) is 9.18 Å². The summed E-state index contributed by atoms with van der Waals surface area (Å²) in [4.78, 5) is 23.9. The number of likely N-dealkylation sites (N-methyl/N-ethyl adjacent to an activating group) is 1. The van der Waals surface area contributed by atoms with Crippen LogP contribution in [0.25, 0.3) is 0 Å². The van der Waals surface area contributed by atoms with E-state index in [-0.39, 0.29) is 29.1 Å². The average molecular weight is 296 g/mol. The molecule has 1 saturated heterocycles. The normalized spacial score (nSPS) is 21.1. The van der Waals surface area contributed by atoms with Gasteiger partial charge in [-0.2, -0.15) is 0 Å². The van der Waals surface area contributed by atoms with Gasteiger partial charge in [0.2, 0.25) is 5.91 Å². The summed E-state index contributed by atoms with van der Waals surface area (Å²) >= 11 is 0. The highest BCUT2D eigenvalue weighted by Gasteiger charge is 2.33. The topological polar surface area (TPSA) is 76.7 Å². The van der Waals surface area contributed by atoms with Gasteiger partial charge in [0.15, 0.2) is 0 Å². The number of carbonyl (C=O) groups excluding carboxylic acids is 2. The Labute approximate surface area is 121 Å². The summed E-state index contributed by atoms with van der Waals surface area (Å²) in [7, 11) is 2.94. The summed E-state index contributed by atoms with van der Waals surface area (Å²) in [6.45, 7) is 0.744. The molecule has 0 radical (unpaired) electrons. The number of rotatable bonds is 4. The van der Waals surface area contributed by atoms with E-state index in [9.17, 15) is 14.0 Å². The molecule has 114 valence electrons. The molecule has 1 aliphatic rings. The molecule has 0 bridgehead atoms. The summed E-state index contributed by atoms with van der Waals surface area (Å²) in [6, 6.07) is 3.45. The molecule has 1 aromatic rings. The zero-order chi connectivity index (χ0) is 15.4. The second kappa shape index (κ2) is 6.64. The van der Waals surface area contributed by atoms with Crippen LogP contribution in [0.15, 0.2) is 18.2 Å². The molecule has 1 aliphatic heterocycles. The SMILES string of the molecule is CNC1COCC1C(=O)Nc1ccc(F)cc1C(=O)OC. The Bertz CT molecular complexity index is 550. The van der Waals surface area contributed by atoms with Gasteiger partial charge in [-0.15, -0.1) is 0 Å². The molecule has 1 fully saturated rings. The van der Waals surface area contributed by atoms with Crippen molar-refractivity contribution in [3.8, 4) is 0 Å². The molecule has 0 aromatic heterocycles. The van der Waals surface area contributed by atoms with Crippen molar-refractivity contribution in [2.45, 2.75) is 6.04 Å². The molecule has 7 heteroatoms. The lowest BCUT2D eigenvalue weighted by Crippen LogP contribution is -2.39. The summed E-state index contributed by atoms with van der Waals surface area (Å²) in [5.41, 5.74) is 0.195. The number of amides is 1. The van der Waals surface area contributed by atoms with Crippen molar-refractivity contribution in [1.82, 2.24) is 5.32 Å². The Kier molecular flexibility index (Phi) is 4.87. The van der Waals surface area contributed by atoms with E-state index < -0.39 is 11.8 Å². The van der Waals surface area contributed by atoms with Crippen molar-refractivity contribution < 1.29 is 23.5 Å². The van der Waals surface area contributed by atoms with Crippen molar-refractivity contribution in [1.29, 1.82) is 0 Å². The van der Waals surface area contributed by atoms with Gasteiger partial charge < -0.3 is 20.1 Å². The molecule has 1 amide bonds. The second-order valence-electron chi connectivity index (χ2n) is 4.71. The van der Waals surface area contributed by atoms with E-state index in [1.165, 1.54) is 19.2 Å². The van der Waals surface area contributed by atoms with E-state index in [0.29, 0.717) is 13.2 Å². The third-order valence-corrected chi connectivity index (χ3v) is 3.43. The molecule has 6 nitrogen and oxygen atoms in total. The third-order valence-electron chi connectivity index (χ3n) is 3.43. The third kappa shape index (κ3) is 3.37. The molecule has 0 saturated carbocycles. The van der Waals surface area contributed by atoms with E-state index in [2.05, 4.69) is 15.4 Å². The van der Waals surface area contributed by atoms with Crippen LogP contribution in [0.1, 0.15) is 10.4 Å². The maximum absolute atomic E-state index is 13.2. The Morgan fingerprint density at radius 3 is 2.81 bits per heavy atom. The van der Waals surface area contributed by atoms with Crippen LogP contribution >= 0.6 is 0 Å². The molecular weight excluding hydrogens is 279 g/mol. The highest BCUT2D eigenvalue weighted by atomic mass is 19.1. The van der Waals surface area contributed by atoms with E-state index >= 15 is 0 Å². The van der Waals surface area contributed by atoms with Gasteiger partial charge in [-0.05, 0) is 25.2 Å². The van der Waals surface area contributed by atoms with Gasteiger partial charge >= 0.3 is 5.97 Å². The van der Waals surface area contributed by atoms with Gasteiger partial charge in [0.1, 0.15) is 5.82 Å². The smallest absolute Gasteiger partial charge is 0.340 e. The molecule has 0 aliphatic carbocycles. The van der Waals surface area contributed by atoms with E-state index in [1.807, 2.05) is 0 Å². The van der Waals surface area contributed by atoms with Crippen molar-refractivity contribution in [3.63, 3.8) is 0 Å². The molecule has 2 rings (SSSR count). The van der Waals surface area contributed by atoms with Crippen LogP contribution in [0.5, 0.6) is 0 Å². The largest absolute Gasteiger partial charge is 0.465 e. The number of nitrogens with one attached hydrogen (secondary N) is 2. The van der Waals surface area contributed by atoms with E-state index in [1.54, 1.807) is 7.05 Å². The Morgan fingerprint density at radius 2 is 2.14 bits per heavy atom. The van der Waals surface area contributed by atoms with Gasteiger partial charge in [0, 0.05) is 6.04 Å². The molecule has 2 atom stereocenters. The van der Waals surface area contributed by atoms with Crippen LogP contribution in [0.3, 0.4) is 0 Å². The molecule has 1 aromatic carbocycles. The van der Waals surface area contributed by atoms with E-state index in [4.69, 9.17) is 4.74 Å². The van der Waals surface area contributed by atoms with Gasteiger partial charge in [0.05, 0.1) is 37.5 Å². The predicted molar refractivity (Wildman–Crippen MR) is 73.5 cm³/mol. The number of methoxy groups -OCH3 is 1. The molecule has 2 N–H and O–H groups in total. The van der Waals surface area contributed by atoms with Crippen molar-refractivity contribution >= 4 is 17.6 Å². The Hall–Kier alpha value is -1.99. The number of halogens is 1. The summed E-state index contributed by atoms with van der Waals surface area (Å²) in [6.07, 6.45) is 0. The van der Waals surface area contributed by atoms with Crippen molar-refractivity contribution in [2.24, 2.45) is 5.92 Å². The number of benzene rings is 1.